The van der Waals surface area contributed by atoms with Gasteiger partial charge in [-0.2, -0.15) is 0 Å². The molecule has 1 saturated heterocycles. The summed E-state index contributed by atoms with van der Waals surface area (Å²) in [5, 5.41) is 1.70. The minimum atomic E-state index is -3.52. The second kappa shape index (κ2) is 8.31. The maximum absolute atomic E-state index is 12.5. The van der Waals surface area contributed by atoms with E-state index in [1.165, 1.54) is 26.1 Å². The highest BCUT2D eigenvalue weighted by Crippen LogP contribution is 2.21. The van der Waals surface area contributed by atoms with Crippen molar-refractivity contribution in [3.05, 3.63) is 29.8 Å². The van der Waals surface area contributed by atoms with Gasteiger partial charge in [0.2, 0.25) is 5.91 Å². The van der Waals surface area contributed by atoms with Crippen molar-refractivity contribution in [1.29, 1.82) is 0 Å². The smallest absolute Gasteiger partial charge is 0.308 e. The number of amides is 2. The van der Waals surface area contributed by atoms with E-state index in [-0.39, 0.29) is 5.91 Å². The number of carbonyl (C=O) groups excluding carboxylic acids is 3. The van der Waals surface area contributed by atoms with Gasteiger partial charge in [0, 0.05) is 32.6 Å². The zero-order valence-corrected chi connectivity index (χ0v) is 15.5. The van der Waals surface area contributed by atoms with Crippen molar-refractivity contribution in [1.82, 2.24) is 10.2 Å². The summed E-state index contributed by atoms with van der Waals surface area (Å²) in [7, 11) is -2.13. The van der Waals surface area contributed by atoms with Gasteiger partial charge in [-0.1, -0.05) is 0 Å². The average Bonchev–Trinajstić information content (AvgIpc) is 2.61. The monoisotopic (exact) mass is 382 g/mol. The fraction of sp³-hybridized carbons (Fsp3) is 0.471. The average molecular weight is 382 g/mol. The van der Waals surface area contributed by atoms with Crippen LogP contribution in [0, 0.1) is 0 Å². The Morgan fingerprint density at radius 3 is 2.23 bits per heavy atom. The number of nitrogens with zero attached hydrogens (tertiary/aromatic N) is 1. The first-order valence-electron chi connectivity index (χ1n) is 8.23. The van der Waals surface area contributed by atoms with Gasteiger partial charge in [0.1, 0.15) is 11.5 Å². The molecule has 1 heterocycles. The molecule has 1 aliphatic heterocycles. The lowest BCUT2D eigenvalue weighted by Gasteiger charge is -2.31. The number of rotatable bonds is 5. The lowest BCUT2D eigenvalue weighted by molar-refractivity contribution is -0.131. The van der Waals surface area contributed by atoms with Gasteiger partial charge in [-0.05, 0) is 37.1 Å². The summed E-state index contributed by atoms with van der Waals surface area (Å²) >= 11 is 0. The molecule has 0 radical (unpaired) electrons. The Bertz CT molecular complexity index is 780. The molecule has 0 atom stereocenters. The van der Waals surface area contributed by atoms with Gasteiger partial charge in [0.15, 0.2) is 9.84 Å². The molecule has 9 heteroatoms. The van der Waals surface area contributed by atoms with Crippen LogP contribution in [0.15, 0.2) is 24.3 Å². The van der Waals surface area contributed by atoms with E-state index in [1.807, 2.05) is 0 Å². The third-order valence-electron chi connectivity index (χ3n) is 4.21. The molecule has 0 aliphatic carbocycles. The minimum Gasteiger partial charge on any atom is -0.427 e. The third-order valence-corrected chi connectivity index (χ3v) is 6.36. The highest BCUT2D eigenvalue weighted by atomic mass is 32.2. The van der Waals surface area contributed by atoms with Crippen molar-refractivity contribution in [3.63, 3.8) is 0 Å². The van der Waals surface area contributed by atoms with E-state index in [4.69, 9.17) is 4.74 Å². The lowest BCUT2D eigenvalue weighted by atomic mass is 10.1. The standard InChI is InChI=1S/C17H22N2O6S/c1-12(20)25-14-5-3-13(4-6-14)17(22)19-9-7-15(8-10-19)26(23,24)11-16(21)18-2/h3-6,15H,7-11H2,1-2H3,(H,18,21). The molecule has 26 heavy (non-hydrogen) atoms. The number of benzene rings is 1. The van der Waals surface area contributed by atoms with Crippen LogP contribution in [0.25, 0.3) is 0 Å². The summed E-state index contributed by atoms with van der Waals surface area (Å²) in [6, 6.07) is 6.20. The number of piperidine rings is 1. The first-order valence-corrected chi connectivity index (χ1v) is 9.94. The van der Waals surface area contributed by atoms with Crippen LogP contribution in [0.4, 0.5) is 0 Å². The number of sulfone groups is 1. The first kappa shape index (κ1) is 19.9. The molecule has 1 aromatic rings. The molecule has 1 fully saturated rings. The number of hydrogen-bond donors (Lipinski definition) is 1. The molecule has 1 aromatic carbocycles. The van der Waals surface area contributed by atoms with Gasteiger partial charge in [-0.15, -0.1) is 0 Å². The Morgan fingerprint density at radius 1 is 1.15 bits per heavy atom. The Labute approximate surface area is 152 Å². The van der Waals surface area contributed by atoms with Gasteiger partial charge in [-0.25, -0.2) is 8.42 Å². The number of nitrogens with one attached hydrogen (secondary N) is 1. The maximum atomic E-state index is 12.5. The van der Waals surface area contributed by atoms with E-state index in [1.54, 1.807) is 17.0 Å². The lowest BCUT2D eigenvalue weighted by Crippen LogP contribution is -2.44. The number of esters is 1. The topological polar surface area (TPSA) is 110 Å². The van der Waals surface area contributed by atoms with E-state index in [2.05, 4.69) is 5.32 Å². The number of hydrogen-bond acceptors (Lipinski definition) is 6. The quantitative estimate of drug-likeness (QED) is 0.582. The van der Waals surface area contributed by atoms with Crippen LogP contribution < -0.4 is 10.1 Å². The molecule has 0 aromatic heterocycles. The molecule has 0 spiro atoms. The Kier molecular flexibility index (Phi) is 6.36. The fourth-order valence-corrected chi connectivity index (χ4v) is 4.48. The van der Waals surface area contributed by atoms with Crippen molar-refractivity contribution in [2.75, 3.05) is 25.9 Å². The van der Waals surface area contributed by atoms with Crippen LogP contribution in [-0.4, -0.2) is 62.2 Å². The summed E-state index contributed by atoms with van der Waals surface area (Å²) < 4.78 is 29.4. The minimum absolute atomic E-state index is 0.207. The van der Waals surface area contributed by atoms with E-state index in [0.717, 1.165) is 0 Å². The molecule has 1 aliphatic rings. The number of ether oxygens (including phenoxy) is 1. The molecule has 0 saturated carbocycles. The van der Waals surface area contributed by atoms with Crippen molar-refractivity contribution >= 4 is 27.6 Å². The van der Waals surface area contributed by atoms with Gasteiger partial charge < -0.3 is 15.0 Å². The predicted octanol–water partition coefficient (Wildman–Crippen LogP) is 0.377. The summed E-state index contributed by atoms with van der Waals surface area (Å²) in [5.74, 6) is -1.35. The van der Waals surface area contributed by atoms with Crippen molar-refractivity contribution in [2.24, 2.45) is 0 Å². The molecule has 1 N–H and O–H groups in total. The normalized spacial score (nSPS) is 15.4. The molecule has 2 rings (SSSR count). The summed E-state index contributed by atoms with van der Waals surface area (Å²) in [5.41, 5.74) is 0.438. The molecule has 2 amide bonds. The highest BCUT2D eigenvalue weighted by molar-refractivity contribution is 7.92. The summed E-state index contributed by atoms with van der Waals surface area (Å²) in [6.07, 6.45) is 0.604. The molecular formula is C17H22N2O6S. The largest absolute Gasteiger partial charge is 0.427 e. The van der Waals surface area contributed by atoms with Gasteiger partial charge in [0.05, 0.1) is 5.25 Å². The Morgan fingerprint density at radius 2 is 1.73 bits per heavy atom. The van der Waals surface area contributed by atoms with Gasteiger partial charge >= 0.3 is 5.97 Å². The van der Waals surface area contributed by atoms with Gasteiger partial charge in [0.25, 0.3) is 5.91 Å². The molecule has 0 bridgehead atoms. The second-order valence-electron chi connectivity index (χ2n) is 6.09. The molecule has 142 valence electrons. The van der Waals surface area contributed by atoms with Crippen molar-refractivity contribution < 1.29 is 27.5 Å². The Balaban J connectivity index is 1.95. The van der Waals surface area contributed by atoms with Crippen LogP contribution in [0.3, 0.4) is 0 Å². The third kappa shape index (κ3) is 5.04. The van der Waals surface area contributed by atoms with Crippen molar-refractivity contribution in [2.45, 2.75) is 25.0 Å². The fourth-order valence-electron chi connectivity index (χ4n) is 2.80. The molecule has 0 unspecified atom stereocenters. The van der Waals surface area contributed by atoms with Crippen LogP contribution in [0.5, 0.6) is 5.75 Å². The number of carbonyl (C=O) groups is 3. The van der Waals surface area contributed by atoms with Gasteiger partial charge in [-0.3, -0.25) is 14.4 Å². The summed E-state index contributed by atoms with van der Waals surface area (Å²) in [6.45, 7) is 1.91. The zero-order chi connectivity index (χ0) is 19.3. The maximum Gasteiger partial charge on any atom is 0.308 e. The molecule has 8 nitrogen and oxygen atoms in total. The SMILES string of the molecule is CNC(=O)CS(=O)(=O)C1CCN(C(=O)c2ccc(OC(C)=O)cc2)CC1. The van der Waals surface area contributed by atoms with E-state index < -0.39 is 32.7 Å². The van der Waals surface area contributed by atoms with Crippen molar-refractivity contribution in [3.8, 4) is 5.75 Å². The first-order chi connectivity index (χ1) is 12.2. The van der Waals surface area contributed by atoms with E-state index in [0.29, 0.717) is 37.2 Å². The highest BCUT2D eigenvalue weighted by Gasteiger charge is 2.33. The van der Waals surface area contributed by atoms with Crippen LogP contribution in [0.1, 0.15) is 30.1 Å². The van der Waals surface area contributed by atoms with Crippen LogP contribution >= 0.6 is 0 Å². The Hall–Kier alpha value is -2.42. The van der Waals surface area contributed by atoms with Crippen LogP contribution in [0.2, 0.25) is 0 Å². The van der Waals surface area contributed by atoms with Crippen LogP contribution in [-0.2, 0) is 19.4 Å². The predicted molar refractivity (Wildman–Crippen MR) is 94.5 cm³/mol. The zero-order valence-electron chi connectivity index (χ0n) is 14.7. The molecular weight excluding hydrogens is 360 g/mol. The summed E-state index contributed by atoms with van der Waals surface area (Å²) in [4.78, 5) is 36.3. The second-order valence-corrected chi connectivity index (χ2v) is 8.37. The van der Waals surface area contributed by atoms with E-state index >= 15 is 0 Å². The van der Waals surface area contributed by atoms with E-state index in [9.17, 15) is 22.8 Å². The number of likely N-dealkylation sites (tertiary alicyclic amines) is 1.